The third kappa shape index (κ3) is 5.12. The van der Waals surface area contributed by atoms with E-state index in [0.29, 0.717) is 0 Å². The first-order valence-corrected chi connectivity index (χ1v) is 5.47. The van der Waals surface area contributed by atoms with E-state index in [9.17, 15) is 27.6 Å². The molecule has 0 saturated heterocycles. The van der Waals surface area contributed by atoms with Crippen molar-refractivity contribution < 1.29 is 22.8 Å². The highest BCUT2D eigenvalue weighted by atomic mass is 19.4. The number of hydrogen-bond donors (Lipinski definition) is 2. The van der Waals surface area contributed by atoms with Gasteiger partial charge in [-0.05, 0) is 6.07 Å². The fraction of sp³-hybridized carbons (Fsp3) is 0.364. The number of aromatic amines is 1. The van der Waals surface area contributed by atoms with Gasteiger partial charge in [0.1, 0.15) is 12.2 Å². The molecule has 1 aromatic rings. The Hall–Kier alpha value is -2.32. The lowest BCUT2D eigenvalue weighted by atomic mass is 10.3. The molecule has 6 nitrogen and oxygen atoms in total. The standard InChI is InChI=1S/C11H12F3N3O3/c1-17(5-9(19)15-6-11(12,13)14)10(20)7-3-2-4-8(18)16-7/h2-4H,5-6H2,1H3,(H,15,19)(H,16,18). The van der Waals surface area contributed by atoms with Crippen molar-refractivity contribution in [3.8, 4) is 0 Å². The number of aromatic nitrogens is 1. The maximum absolute atomic E-state index is 11.9. The SMILES string of the molecule is CN(CC(=O)NCC(F)(F)F)C(=O)c1cccc(=O)[nH]1. The van der Waals surface area contributed by atoms with Gasteiger partial charge in [-0.25, -0.2) is 0 Å². The fourth-order valence-corrected chi connectivity index (χ4v) is 1.32. The van der Waals surface area contributed by atoms with Gasteiger partial charge < -0.3 is 15.2 Å². The molecule has 2 N–H and O–H groups in total. The van der Waals surface area contributed by atoms with Crippen molar-refractivity contribution in [1.82, 2.24) is 15.2 Å². The Labute approximate surface area is 111 Å². The predicted octanol–water partition coefficient (Wildman–Crippen LogP) is 0.125. The third-order valence-corrected chi connectivity index (χ3v) is 2.21. The highest BCUT2D eigenvalue weighted by Gasteiger charge is 2.28. The Bertz CT molecular complexity index is 554. The molecule has 0 saturated carbocycles. The van der Waals surface area contributed by atoms with Gasteiger partial charge in [0.05, 0.1) is 6.54 Å². The molecule has 0 fully saturated rings. The molecule has 0 aliphatic heterocycles. The summed E-state index contributed by atoms with van der Waals surface area (Å²) in [5, 5.41) is 1.64. The largest absolute Gasteiger partial charge is 0.405 e. The van der Waals surface area contributed by atoms with Crippen LogP contribution in [0.2, 0.25) is 0 Å². The Morgan fingerprint density at radius 2 is 2.00 bits per heavy atom. The van der Waals surface area contributed by atoms with Gasteiger partial charge >= 0.3 is 6.18 Å². The van der Waals surface area contributed by atoms with E-state index in [1.807, 2.05) is 0 Å². The van der Waals surface area contributed by atoms with Gasteiger partial charge in [0.25, 0.3) is 5.91 Å². The molecule has 2 amide bonds. The second-order valence-electron chi connectivity index (χ2n) is 3.98. The van der Waals surface area contributed by atoms with Gasteiger partial charge in [-0.15, -0.1) is 0 Å². The van der Waals surface area contributed by atoms with Gasteiger partial charge in [-0.2, -0.15) is 13.2 Å². The molecule has 0 unspecified atom stereocenters. The number of pyridine rings is 1. The Kier molecular flexibility index (Phi) is 4.89. The summed E-state index contributed by atoms with van der Waals surface area (Å²) < 4.78 is 35.7. The number of nitrogens with zero attached hydrogens (tertiary/aromatic N) is 1. The Morgan fingerprint density at radius 1 is 1.35 bits per heavy atom. The summed E-state index contributed by atoms with van der Waals surface area (Å²) in [4.78, 5) is 37.2. The molecule has 1 heterocycles. The van der Waals surface area contributed by atoms with Crippen LogP contribution in [-0.2, 0) is 4.79 Å². The number of amides is 2. The summed E-state index contributed by atoms with van der Waals surface area (Å²) in [6.45, 7) is -2.01. The topological polar surface area (TPSA) is 82.3 Å². The maximum atomic E-state index is 11.9. The van der Waals surface area contributed by atoms with Crippen LogP contribution in [0, 0.1) is 0 Å². The number of hydrogen-bond acceptors (Lipinski definition) is 3. The van der Waals surface area contributed by atoms with E-state index >= 15 is 0 Å². The number of likely N-dealkylation sites (N-methyl/N-ethyl adjacent to an activating group) is 1. The second-order valence-corrected chi connectivity index (χ2v) is 3.98. The van der Waals surface area contributed by atoms with Gasteiger partial charge in [-0.1, -0.05) is 6.07 Å². The average Bonchev–Trinajstić information content (AvgIpc) is 2.34. The second kappa shape index (κ2) is 6.22. The lowest BCUT2D eigenvalue weighted by Gasteiger charge is -2.17. The van der Waals surface area contributed by atoms with Crippen LogP contribution < -0.4 is 10.9 Å². The normalized spacial score (nSPS) is 11.0. The number of halogens is 3. The molecule has 0 atom stereocenters. The molecular formula is C11H12F3N3O3. The van der Waals surface area contributed by atoms with E-state index in [2.05, 4.69) is 4.98 Å². The molecule has 0 spiro atoms. The summed E-state index contributed by atoms with van der Waals surface area (Å²) in [5.41, 5.74) is -0.547. The minimum atomic E-state index is -4.51. The van der Waals surface area contributed by atoms with Crippen molar-refractivity contribution in [2.75, 3.05) is 20.1 Å². The van der Waals surface area contributed by atoms with E-state index in [-0.39, 0.29) is 5.69 Å². The van der Waals surface area contributed by atoms with Crippen molar-refractivity contribution in [1.29, 1.82) is 0 Å². The van der Waals surface area contributed by atoms with Gasteiger partial charge in [0.2, 0.25) is 11.5 Å². The molecule has 1 rings (SSSR count). The number of H-pyrrole nitrogens is 1. The van der Waals surface area contributed by atoms with E-state index in [0.717, 1.165) is 4.90 Å². The van der Waals surface area contributed by atoms with Crippen molar-refractivity contribution in [3.05, 3.63) is 34.2 Å². The van der Waals surface area contributed by atoms with Crippen molar-refractivity contribution in [2.24, 2.45) is 0 Å². The first-order chi connectivity index (χ1) is 9.19. The van der Waals surface area contributed by atoms with Crippen LogP contribution in [0.5, 0.6) is 0 Å². The van der Waals surface area contributed by atoms with E-state index in [4.69, 9.17) is 0 Å². The van der Waals surface area contributed by atoms with Gasteiger partial charge in [0.15, 0.2) is 0 Å². The average molecular weight is 291 g/mol. The summed E-state index contributed by atoms with van der Waals surface area (Å²) in [5.74, 6) is -1.62. The van der Waals surface area contributed by atoms with E-state index < -0.39 is 36.6 Å². The molecule has 0 radical (unpaired) electrons. The van der Waals surface area contributed by atoms with Crippen LogP contribution in [0.4, 0.5) is 13.2 Å². The number of carbonyl (C=O) groups is 2. The fourth-order valence-electron chi connectivity index (χ4n) is 1.32. The maximum Gasteiger partial charge on any atom is 0.405 e. The summed E-state index contributed by atoms with van der Waals surface area (Å²) in [6, 6.07) is 3.88. The molecule has 9 heteroatoms. The van der Waals surface area contributed by atoms with Crippen LogP contribution in [0.15, 0.2) is 23.0 Å². The molecule has 1 aromatic heterocycles. The zero-order valence-corrected chi connectivity index (χ0v) is 10.5. The molecule has 0 bridgehead atoms. The molecule has 0 aromatic carbocycles. The zero-order chi connectivity index (χ0) is 15.3. The van der Waals surface area contributed by atoms with Gasteiger partial charge in [0, 0.05) is 13.1 Å². The molecule has 0 aliphatic rings. The minimum Gasteiger partial charge on any atom is -0.345 e. The van der Waals surface area contributed by atoms with Crippen LogP contribution in [-0.4, -0.2) is 48.0 Å². The first-order valence-electron chi connectivity index (χ1n) is 5.47. The number of nitrogens with one attached hydrogen (secondary N) is 2. The summed E-state index contributed by atoms with van der Waals surface area (Å²) in [7, 11) is 1.24. The lowest BCUT2D eigenvalue weighted by molar-refractivity contribution is -0.138. The lowest BCUT2D eigenvalue weighted by Crippen LogP contribution is -2.42. The monoisotopic (exact) mass is 291 g/mol. The summed E-state index contributed by atoms with van der Waals surface area (Å²) >= 11 is 0. The molecular weight excluding hydrogens is 279 g/mol. The molecule has 110 valence electrons. The molecule has 0 aliphatic carbocycles. The quantitative estimate of drug-likeness (QED) is 0.827. The highest BCUT2D eigenvalue weighted by molar-refractivity contribution is 5.94. The zero-order valence-electron chi connectivity index (χ0n) is 10.5. The van der Waals surface area contributed by atoms with Crippen LogP contribution in [0.3, 0.4) is 0 Å². The first kappa shape index (κ1) is 15.7. The van der Waals surface area contributed by atoms with Crippen LogP contribution in [0.1, 0.15) is 10.5 Å². The molecule has 20 heavy (non-hydrogen) atoms. The van der Waals surface area contributed by atoms with Crippen LogP contribution >= 0.6 is 0 Å². The van der Waals surface area contributed by atoms with Crippen molar-refractivity contribution >= 4 is 11.8 Å². The third-order valence-electron chi connectivity index (χ3n) is 2.21. The van der Waals surface area contributed by atoms with Crippen molar-refractivity contribution in [2.45, 2.75) is 6.18 Å². The number of carbonyl (C=O) groups excluding carboxylic acids is 2. The van der Waals surface area contributed by atoms with Gasteiger partial charge in [-0.3, -0.25) is 14.4 Å². The predicted molar refractivity (Wildman–Crippen MR) is 63.1 cm³/mol. The Morgan fingerprint density at radius 3 is 2.55 bits per heavy atom. The van der Waals surface area contributed by atoms with E-state index in [1.54, 1.807) is 5.32 Å². The highest BCUT2D eigenvalue weighted by Crippen LogP contribution is 2.12. The summed E-state index contributed by atoms with van der Waals surface area (Å²) in [6.07, 6.45) is -4.51. The van der Waals surface area contributed by atoms with Crippen molar-refractivity contribution in [3.63, 3.8) is 0 Å². The number of alkyl halides is 3. The van der Waals surface area contributed by atoms with E-state index in [1.165, 1.54) is 25.2 Å². The number of rotatable bonds is 4. The smallest absolute Gasteiger partial charge is 0.345 e. The minimum absolute atomic E-state index is 0.0522. The van der Waals surface area contributed by atoms with Crippen LogP contribution in [0.25, 0.3) is 0 Å². The Balaban J connectivity index is 2.58.